The summed E-state index contributed by atoms with van der Waals surface area (Å²) in [5.41, 5.74) is 0. The second kappa shape index (κ2) is 6.24. The number of Topliss-reactive ketones (excluding diaryl/α,β-unsaturated/α-hetero) is 1. The molecule has 0 rings (SSSR count). The zero-order valence-electron chi connectivity index (χ0n) is 8.00. The number of ether oxygens (including phenoxy) is 1. The molecule has 0 aromatic carbocycles. The Hall–Kier alpha value is -1.30. The third-order valence-electron chi connectivity index (χ3n) is 1.70. The molecule has 0 aliphatic rings. The highest BCUT2D eigenvalue weighted by molar-refractivity contribution is 5.78. The molecule has 1 atom stereocenters. The fourth-order valence-electron chi connectivity index (χ4n) is 0.879. The van der Waals surface area contributed by atoms with Gasteiger partial charge in [0.2, 0.25) is 0 Å². The van der Waals surface area contributed by atoms with Gasteiger partial charge in [-0.1, -0.05) is 0 Å². The predicted octanol–water partition coefficient (Wildman–Crippen LogP) is 1.17. The fourth-order valence-corrected chi connectivity index (χ4v) is 0.879. The van der Waals surface area contributed by atoms with Gasteiger partial charge in [0.05, 0.1) is 5.92 Å². The van der Waals surface area contributed by atoms with Crippen molar-refractivity contribution in [1.29, 1.82) is 0 Å². The van der Waals surface area contributed by atoms with E-state index in [1.807, 2.05) is 0 Å². The van der Waals surface area contributed by atoms with Crippen LogP contribution in [0.3, 0.4) is 0 Å². The van der Waals surface area contributed by atoms with Crippen molar-refractivity contribution < 1.29 is 14.3 Å². The average Bonchev–Trinajstić information content (AvgIpc) is 2.03. The molecule has 0 amide bonds. The van der Waals surface area contributed by atoms with Crippen LogP contribution in [0.2, 0.25) is 0 Å². The summed E-state index contributed by atoms with van der Waals surface area (Å²) < 4.78 is 4.73. The van der Waals surface area contributed by atoms with Crippen LogP contribution in [0.1, 0.15) is 26.7 Å². The van der Waals surface area contributed by atoms with Crippen molar-refractivity contribution in [2.75, 3.05) is 6.61 Å². The van der Waals surface area contributed by atoms with Gasteiger partial charge in [-0.05, 0) is 13.3 Å². The highest BCUT2D eigenvalue weighted by Crippen LogP contribution is 2.08. The van der Waals surface area contributed by atoms with Crippen molar-refractivity contribution in [3.63, 3.8) is 0 Å². The maximum Gasteiger partial charge on any atom is 0.302 e. The van der Waals surface area contributed by atoms with Gasteiger partial charge in [0.1, 0.15) is 12.4 Å². The fraction of sp³-hybridized carbons (Fsp3) is 0.600. The summed E-state index contributed by atoms with van der Waals surface area (Å²) in [6, 6.07) is 0. The maximum absolute atomic E-state index is 11.0. The summed E-state index contributed by atoms with van der Waals surface area (Å²) in [5, 5.41) is 0. The van der Waals surface area contributed by atoms with Gasteiger partial charge in [-0.3, -0.25) is 9.59 Å². The lowest BCUT2D eigenvalue weighted by atomic mass is 10.0. The Kier molecular flexibility index (Phi) is 5.62. The van der Waals surface area contributed by atoms with E-state index in [-0.39, 0.29) is 24.3 Å². The molecule has 0 saturated heterocycles. The Bertz CT molecular complexity index is 225. The molecule has 0 heterocycles. The molecule has 0 aromatic heterocycles. The number of terminal acetylenes is 1. The zero-order valence-corrected chi connectivity index (χ0v) is 8.00. The molecule has 3 heteroatoms. The first-order valence-electron chi connectivity index (χ1n) is 4.15. The third-order valence-corrected chi connectivity index (χ3v) is 1.70. The van der Waals surface area contributed by atoms with Gasteiger partial charge in [-0.2, -0.15) is 0 Å². The lowest BCUT2D eigenvalue weighted by Crippen LogP contribution is -2.19. The van der Waals surface area contributed by atoms with Crippen LogP contribution < -0.4 is 0 Å². The topological polar surface area (TPSA) is 43.4 Å². The van der Waals surface area contributed by atoms with Gasteiger partial charge in [-0.25, -0.2) is 0 Å². The van der Waals surface area contributed by atoms with E-state index in [1.165, 1.54) is 13.8 Å². The molecule has 0 aromatic rings. The Morgan fingerprint density at radius 2 is 2.08 bits per heavy atom. The molecule has 0 aliphatic carbocycles. The minimum atomic E-state index is -0.369. The van der Waals surface area contributed by atoms with E-state index >= 15 is 0 Å². The average molecular weight is 182 g/mol. The Morgan fingerprint density at radius 3 is 2.46 bits per heavy atom. The van der Waals surface area contributed by atoms with Crippen molar-refractivity contribution in [2.24, 2.45) is 5.92 Å². The molecule has 0 fully saturated rings. The molecule has 0 radical (unpaired) electrons. The summed E-state index contributed by atoms with van der Waals surface area (Å²) in [7, 11) is 0. The zero-order chi connectivity index (χ0) is 10.3. The minimum absolute atomic E-state index is 0.0106. The van der Waals surface area contributed by atoms with E-state index in [4.69, 9.17) is 11.2 Å². The van der Waals surface area contributed by atoms with Gasteiger partial charge < -0.3 is 4.74 Å². The Balaban J connectivity index is 3.89. The largest absolute Gasteiger partial charge is 0.465 e. The van der Waals surface area contributed by atoms with Crippen LogP contribution in [-0.2, 0) is 14.3 Å². The second-order valence-corrected chi connectivity index (χ2v) is 2.85. The SMILES string of the molecule is C#CCCC(COC(C)=O)C(C)=O. The highest BCUT2D eigenvalue weighted by Gasteiger charge is 2.14. The van der Waals surface area contributed by atoms with Crippen LogP contribution in [-0.4, -0.2) is 18.4 Å². The number of rotatable bonds is 5. The van der Waals surface area contributed by atoms with Gasteiger partial charge in [0, 0.05) is 13.3 Å². The summed E-state index contributed by atoms with van der Waals surface area (Å²) >= 11 is 0. The molecule has 0 aliphatic heterocycles. The first-order valence-corrected chi connectivity index (χ1v) is 4.15. The summed E-state index contributed by atoms with van der Waals surface area (Å²) in [4.78, 5) is 21.5. The normalized spacial score (nSPS) is 11.5. The smallest absolute Gasteiger partial charge is 0.302 e. The number of ketones is 1. The van der Waals surface area contributed by atoms with Crippen molar-refractivity contribution >= 4 is 11.8 Å². The van der Waals surface area contributed by atoms with Crippen LogP contribution in [0.15, 0.2) is 0 Å². The number of esters is 1. The molecule has 0 saturated carbocycles. The molecule has 1 unspecified atom stereocenters. The van der Waals surface area contributed by atoms with Gasteiger partial charge in [-0.15, -0.1) is 12.3 Å². The monoisotopic (exact) mass is 182 g/mol. The quantitative estimate of drug-likeness (QED) is 0.473. The lowest BCUT2D eigenvalue weighted by Gasteiger charge is -2.11. The molecule has 0 spiro atoms. The van der Waals surface area contributed by atoms with Gasteiger partial charge >= 0.3 is 5.97 Å². The molecule has 3 nitrogen and oxygen atoms in total. The van der Waals surface area contributed by atoms with Gasteiger partial charge in [0.25, 0.3) is 0 Å². The van der Waals surface area contributed by atoms with E-state index in [1.54, 1.807) is 0 Å². The molecule has 0 N–H and O–H groups in total. The second-order valence-electron chi connectivity index (χ2n) is 2.85. The minimum Gasteiger partial charge on any atom is -0.465 e. The predicted molar refractivity (Wildman–Crippen MR) is 48.9 cm³/mol. The van der Waals surface area contributed by atoms with E-state index < -0.39 is 0 Å². The number of carbonyl (C=O) groups excluding carboxylic acids is 2. The summed E-state index contributed by atoms with van der Waals surface area (Å²) in [5.74, 6) is 1.84. The van der Waals surface area contributed by atoms with Crippen LogP contribution in [0.25, 0.3) is 0 Å². The van der Waals surface area contributed by atoms with E-state index in [0.29, 0.717) is 12.8 Å². The van der Waals surface area contributed by atoms with Gasteiger partial charge in [0.15, 0.2) is 0 Å². The maximum atomic E-state index is 11.0. The number of hydrogen-bond donors (Lipinski definition) is 0. The van der Waals surface area contributed by atoms with Crippen LogP contribution in [0, 0.1) is 18.3 Å². The van der Waals surface area contributed by atoms with E-state index in [0.717, 1.165) is 0 Å². The van der Waals surface area contributed by atoms with E-state index in [2.05, 4.69) is 5.92 Å². The van der Waals surface area contributed by atoms with Crippen molar-refractivity contribution in [3.8, 4) is 12.3 Å². The van der Waals surface area contributed by atoms with Crippen LogP contribution >= 0.6 is 0 Å². The lowest BCUT2D eigenvalue weighted by molar-refractivity contribution is -0.143. The standard InChI is InChI=1S/C10H14O3/c1-4-5-6-10(8(2)11)7-13-9(3)12/h1,10H,5-7H2,2-3H3. The molecular weight excluding hydrogens is 168 g/mol. The number of carbonyl (C=O) groups is 2. The first kappa shape index (κ1) is 11.7. The molecule has 0 bridgehead atoms. The van der Waals surface area contributed by atoms with Crippen LogP contribution in [0.5, 0.6) is 0 Å². The molecule has 13 heavy (non-hydrogen) atoms. The molecule has 72 valence electrons. The third kappa shape index (κ3) is 5.92. The van der Waals surface area contributed by atoms with Crippen molar-refractivity contribution in [2.45, 2.75) is 26.7 Å². The molecular formula is C10H14O3. The summed E-state index contributed by atoms with van der Waals surface area (Å²) in [6.45, 7) is 2.94. The number of hydrogen-bond acceptors (Lipinski definition) is 3. The summed E-state index contributed by atoms with van der Waals surface area (Å²) in [6.07, 6.45) is 6.18. The highest BCUT2D eigenvalue weighted by atomic mass is 16.5. The van der Waals surface area contributed by atoms with Crippen molar-refractivity contribution in [3.05, 3.63) is 0 Å². The Labute approximate surface area is 78.5 Å². The first-order chi connectivity index (χ1) is 6.07. The Morgan fingerprint density at radius 1 is 1.46 bits per heavy atom. The van der Waals surface area contributed by atoms with Crippen LogP contribution in [0.4, 0.5) is 0 Å². The van der Waals surface area contributed by atoms with Crippen molar-refractivity contribution in [1.82, 2.24) is 0 Å². The van der Waals surface area contributed by atoms with E-state index in [9.17, 15) is 9.59 Å².